The number of hydrogen-bond acceptors (Lipinski definition) is 3. The van der Waals surface area contributed by atoms with Crippen LogP contribution in [0.1, 0.15) is 18.4 Å². The SMILES string of the molecule is O=c1c(-c2ccc(C(F)(F)F)cc2O)cccn1C[C@H]1CCCNC1. The Kier molecular flexibility index (Phi) is 4.85. The molecule has 2 heterocycles. The van der Waals surface area contributed by atoms with E-state index in [1.165, 1.54) is 6.07 Å². The van der Waals surface area contributed by atoms with Crippen molar-refractivity contribution >= 4 is 0 Å². The van der Waals surface area contributed by atoms with Crippen LogP contribution >= 0.6 is 0 Å². The van der Waals surface area contributed by atoms with Crippen LogP contribution in [0.15, 0.2) is 41.3 Å². The standard InChI is InChI=1S/C18H19F3N2O2/c19-18(20,21)13-5-6-14(16(24)9-13)15-4-2-8-23(17(15)25)11-12-3-1-7-22-10-12/h2,4-6,8-9,12,22,24H,1,3,7,10-11H2/t12-/m0/s1. The summed E-state index contributed by atoms with van der Waals surface area (Å²) < 4.78 is 39.7. The fourth-order valence-electron chi connectivity index (χ4n) is 3.18. The molecule has 0 bridgehead atoms. The monoisotopic (exact) mass is 352 g/mol. The van der Waals surface area contributed by atoms with Crippen LogP contribution in [0.5, 0.6) is 5.75 Å². The maximum atomic E-state index is 12.7. The molecule has 2 aromatic rings. The van der Waals surface area contributed by atoms with Gasteiger partial charge in [0.05, 0.1) is 11.1 Å². The molecule has 1 aromatic carbocycles. The molecule has 1 aliphatic rings. The van der Waals surface area contributed by atoms with Crippen LogP contribution in [-0.4, -0.2) is 22.8 Å². The number of aromatic hydroxyl groups is 1. The fourth-order valence-corrected chi connectivity index (χ4v) is 3.18. The third-order valence-corrected chi connectivity index (χ3v) is 4.49. The number of pyridine rings is 1. The lowest BCUT2D eigenvalue weighted by molar-refractivity contribution is -0.137. The van der Waals surface area contributed by atoms with E-state index in [-0.39, 0.29) is 16.7 Å². The summed E-state index contributed by atoms with van der Waals surface area (Å²) in [5, 5.41) is 13.3. The molecule has 1 aliphatic heterocycles. The lowest BCUT2D eigenvalue weighted by atomic mass is 9.99. The van der Waals surface area contributed by atoms with Crippen LogP contribution < -0.4 is 10.9 Å². The Balaban J connectivity index is 1.93. The van der Waals surface area contributed by atoms with E-state index in [0.717, 1.165) is 38.1 Å². The number of benzene rings is 1. The fraction of sp³-hybridized carbons (Fsp3) is 0.389. The largest absolute Gasteiger partial charge is 0.507 e. The molecule has 1 fully saturated rings. The molecule has 2 N–H and O–H groups in total. The van der Waals surface area contributed by atoms with Crippen molar-refractivity contribution in [1.82, 2.24) is 9.88 Å². The van der Waals surface area contributed by atoms with Crippen molar-refractivity contribution in [3.8, 4) is 16.9 Å². The topological polar surface area (TPSA) is 54.3 Å². The van der Waals surface area contributed by atoms with Crippen LogP contribution in [0.2, 0.25) is 0 Å². The van der Waals surface area contributed by atoms with Gasteiger partial charge >= 0.3 is 6.18 Å². The first-order valence-electron chi connectivity index (χ1n) is 8.17. The van der Waals surface area contributed by atoms with Gasteiger partial charge in [0.1, 0.15) is 5.75 Å². The van der Waals surface area contributed by atoms with E-state index >= 15 is 0 Å². The molecule has 1 aromatic heterocycles. The minimum Gasteiger partial charge on any atom is -0.507 e. The number of aromatic nitrogens is 1. The number of rotatable bonds is 3. The molecule has 134 valence electrons. The number of nitrogens with one attached hydrogen (secondary N) is 1. The zero-order valence-electron chi connectivity index (χ0n) is 13.5. The molecule has 0 amide bonds. The third-order valence-electron chi connectivity index (χ3n) is 4.49. The zero-order valence-corrected chi connectivity index (χ0v) is 13.5. The van der Waals surface area contributed by atoms with E-state index < -0.39 is 17.5 Å². The number of phenols is 1. The highest BCUT2D eigenvalue weighted by Gasteiger charge is 2.31. The highest BCUT2D eigenvalue weighted by Crippen LogP contribution is 2.35. The number of alkyl halides is 3. The average Bonchev–Trinajstić information content (AvgIpc) is 2.57. The molecule has 7 heteroatoms. The summed E-state index contributed by atoms with van der Waals surface area (Å²) in [6.07, 6.45) is -0.795. The maximum Gasteiger partial charge on any atom is 0.416 e. The maximum absolute atomic E-state index is 12.7. The van der Waals surface area contributed by atoms with Crippen LogP contribution in [-0.2, 0) is 12.7 Å². The van der Waals surface area contributed by atoms with Crippen molar-refractivity contribution < 1.29 is 18.3 Å². The quantitative estimate of drug-likeness (QED) is 0.892. The second kappa shape index (κ2) is 6.92. The second-order valence-corrected chi connectivity index (χ2v) is 6.32. The van der Waals surface area contributed by atoms with Crippen LogP contribution in [0.3, 0.4) is 0 Å². The minimum atomic E-state index is -4.54. The molecule has 3 rings (SSSR count). The first-order chi connectivity index (χ1) is 11.9. The summed E-state index contributed by atoms with van der Waals surface area (Å²) in [6.45, 7) is 2.36. The summed E-state index contributed by atoms with van der Waals surface area (Å²) in [7, 11) is 0. The van der Waals surface area contributed by atoms with Gasteiger partial charge in [-0.3, -0.25) is 4.79 Å². The summed E-state index contributed by atoms with van der Waals surface area (Å²) in [6, 6.07) is 5.85. The number of halogens is 3. The van der Waals surface area contributed by atoms with Crippen molar-refractivity contribution in [3.63, 3.8) is 0 Å². The molecule has 4 nitrogen and oxygen atoms in total. The summed E-state index contributed by atoms with van der Waals surface area (Å²) in [5.74, 6) is -0.216. The number of nitrogens with zero attached hydrogens (tertiary/aromatic N) is 1. The molecule has 1 atom stereocenters. The van der Waals surface area contributed by atoms with Crippen molar-refractivity contribution in [2.24, 2.45) is 5.92 Å². The summed E-state index contributed by atoms with van der Waals surface area (Å²) in [4.78, 5) is 12.7. The Bertz CT molecular complexity index is 809. The molecule has 1 saturated heterocycles. The third kappa shape index (κ3) is 3.87. The molecule has 0 aliphatic carbocycles. The van der Waals surface area contributed by atoms with Crippen molar-refractivity contribution in [2.75, 3.05) is 13.1 Å². The minimum absolute atomic E-state index is 0.106. The molecule has 0 spiro atoms. The molecule has 25 heavy (non-hydrogen) atoms. The average molecular weight is 352 g/mol. The second-order valence-electron chi connectivity index (χ2n) is 6.32. The van der Waals surface area contributed by atoms with Gasteiger partial charge in [-0.15, -0.1) is 0 Å². The van der Waals surface area contributed by atoms with Gasteiger partial charge < -0.3 is 15.0 Å². The van der Waals surface area contributed by atoms with Gasteiger partial charge in [-0.05, 0) is 62.2 Å². The number of piperidine rings is 1. The van der Waals surface area contributed by atoms with Gasteiger partial charge in [0.2, 0.25) is 0 Å². The van der Waals surface area contributed by atoms with E-state index in [2.05, 4.69) is 5.32 Å². The predicted octanol–water partition coefficient (Wildman–Crippen LogP) is 3.24. The van der Waals surface area contributed by atoms with E-state index in [1.807, 2.05) is 0 Å². The zero-order chi connectivity index (χ0) is 18.0. The van der Waals surface area contributed by atoms with Crippen LogP contribution in [0.25, 0.3) is 11.1 Å². The van der Waals surface area contributed by atoms with Crippen LogP contribution in [0, 0.1) is 5.92 Å². The van der Waals surface area contributed by atoms with Gasteiger partial charge in [-0.2, -0.15) is 13.2 Å². The van der Waals surface area contributed by atoms with Gasteiger partial charge in [0.25, 0.3) is 5.56 Å². The first kappa shape index (κ1) is 17.5. The Labute approximate surface area is 142 Å². The van der Waals surface area contributed by atoms with Gasteiger partial charge in [-0.25, -0.2) is 0 Å². The molecule has 0 saturated carbocycles. The van der Waals surface area contributed by atoms with E-state index in [1.54, 1.807) is 16.8 Å². The summed E-state index contributed by atoms with van der Waals surface area (Å²) >= 11 is 0. The lowest BCUT2D eigenvalue weighted by Crippen LogP contribution is -2.34. The van der Waals surface area contributed by atoms with E-state index in [4.69, 9.17) is 0 Å². The van der Waals surface area contributed by atoms with Gasteiger partial charge in [0, 0.05) is 18.3 Å². The molecular weight excluding hydrogens is 333 g/mol. The Hall–Kier alpha value is -2.28. The number of phenolic OH excluding ortho intramolecular Hbond substituents is 1. The van der Waals surface area contributed by atoms with Crippen molar-refractivity contribution in [1.29, 1.82) is 0 Å². The first-order valence-corrected chi connectivity index (χ1v) is 8.17. The van der Waals surface area contributed by atoms with Gasteiger partial charge in [0.15, 0.2) is 0 Å². The van der Waals surface area contributed by atoms with Crippen molar-refractivity contribution in [3.05, 3.63) is 52.4 Å². The Morgan fingerprint density at radius 3 is 2.68 bits per heavy atom. The van der Waals surface area contributed by atoms with E-state index in [0.29, 0.717) is 18.5 Å². The van der Waals surface area contributed by atoms with Crippen LogP contribution in [0.4, 0.5) is 13.2 Å². The Morgan fingerprint density at radius 1 is 1.24 bits per heavy atom. The van der Waals surface area contributed by atoms with Gasteiger partial charge in [-0.1, -0.05) is 0 Å². The molecular formula is C18H19F3N2O2. The highest BCUT2D eigenvalue weighted by atomic mass is 19.4. The summed E-state index contributed by atoms with van der Waals surface area (Å²) in [5.41, 5.74) is -0.965. The molecule has 0 unspecified atom stereocenters. The van der Waals surface area contributed by atoms with Crippen molar-refractivity contribution in [2.45, 2.75) is 25.6 Å². The smallest absolute Gasteiger partial charge is 0.416 e. The molecule has 0 radical (unpaired) electrons. The predicted molar refractivity (Wildman–Crippen MR) is 88.4 cm³/mol. The Morgan fingerprint density at radius 2 is 2.04 bits per heavy atom. The highest BCUT2D eigenvalue weighted by molar-refractivity contribution is 5.69. The normalized spacial score (nSPS) is 18.3. The van der Waals surface area contributed by atoms with E-state index in [9.17, 15) is 23.1 Å². The number of hydrogen-bond donors (Lipinski definition) is 2. The lowest BCUT2D eigenvalue weighted by Gasteiger charge is -2.23.